The topological polar surface area (TPSA) is 95.5 Å². The van der Waals surface area contributed by atoms with E-state index in [0.29, 0.717) is 12.8 Å². The summed E-state index contributed by atoms with van der Waals surface area (Å²) in [4.78, 5) is 12.0. The number of hydrogen-bond acceptors (Lipinski definition) is 4. The number of nitrogens with one attached hydrogen (secondary N) is 2. The van der Waals surface area contributed by atoms with Crippen molar-refractivity contribution in [3.05, 3.63) is 35.4 Å². The molecule has 1 amide bonds. The van der Waals surface area contributed by atoms with Gasteiger partial charge in [-0.2, -0.15) is 0 Å². The molecule has 1 atom stereocenters. The average Bonchev–Trinajstić information content (AvgIpc) is 2.41. The number of hydrogen-bond donors (Lipinski definition) is 3. The molecule has 1 aromatic rings. The molecule has 0 unspecified atom stereocenters. The maximum Gasteiger partial charge on any atom is 0.221 e. The van der Waals surface area contributed by atoms with Crippen molar-refractivity contribution in [1.82, 2.24) is 10.0 Å². The first-order chi connectivity index (χ1) is 11.2. The Balaban J connectivity index is 2.05. The van der Waals surface area contributed by atoms with Gasteiger partial charge in [0.25, 0.3) is 0 Å². The maximum absolute atomic E-state index is 14.0. The second kappa shape index (κ2) is 7.54. The third-order valence-electron chi connectivity index (χ3n) is 3.95. The fourth-order valence-electron chi connectivity index (χ4n) is 2.70. The van der Waals surface area contributed by atoms with Crippen molar-refractivity contribution < 1.29 is 27.1 Å². The van der Waals surface area contributed by atoms with E-state index in [9.17, 15) is 27.1 Å². The smallest absolute Gasteiger partial charge is 0.221 e. The molecule has 1 aliphatic rings. The number of carbonyl (C=O) groups excluding carboxylic acids is 1. The van der Waals surface area contributed by atoms with E-state index >= 15 is 0 Å². The highest BCUT2D eigenvalue weighted by molar-refractivity contribution is 7.88. The van der Waals surface area contributed by atoms with Gasteiger partial charge in [0.1, 0.15) is 11.6 Å². The highest BCUT2D eigenvalue weighted by Crippen LogP contribution is 2.39. The number of carbonyl (C=O) groups is 1. The zero-order valence-electron chi connectivity index (χ0n) is 13.1. The number of halogens is 2. The fourth-order valence-corrected chi connectivity index (χ4v) is 3.17. The van der Waals surface area contributed by atoms with Gasteiger partial charge in [-0.3, -0.25) is 4.79 Å². The predicted octanol–water partition coefficient (Wildman–Crippen LogP) is 0.832. The van der Waals surface area contributed by atoms with Crippen LogP contribution in [0.3, 0.4) is 0 Å². The van der Waals surface area contributed by atoms with E-state index in [1.807, 2.05) is 0 Å². The minimum Gasteiger partial charge on any atom is -0.393 e. The van der Waals surface area contributed by atoms with E-state index < -0.39 is 39.7 Å². The van der Waals surface area contributed by atoms with E-state index in [4.69, 9.17) is 0 Å². The molecule has 6 nitrogen and oxygen atoms in total. The molecule has 1 aliphatic carbocycles. The molecule has 3 N–H and O–H groups in total. The lowest BCUT2D eigenvalue weighted by Gasteiger charge is -2.38. The molecule has 0 aromatic heterocycles. The molecule has 1 saturated carbocycles. The summed E-state index contributed by atoms with van der Waals surface area (Å²) in [6.45, 7) is -0.0728. The normalized spacial score (nSPS) is 21.8. The van der Waals surface area contributed by atoms with Gasteiger partial charge in [-0.15, -0.1) is 0 Å². The molecule has 9 heteroatoms. The Kier molecular flexibility index (Phi) is 5.89. The highest BCUT2D eigenvalue weighted by Gasteiger charge is 2.36. The summed E-state index contributed by atoms with van der Waals surface area (Å²) in [5, 5.41) is 12.1. The summed E-state index contributed by atoms with van der Waals surface area (Å²) in [5.74, 6) is -2.10. The third kappa shape index (κ3) is 5.22. The third-order valence-corrected chi connectivity index (χ3v) is 4.68. The molecular weight excluding hydrogens is 342 g/mol. The van der Waals surface area contributed by atoms with E-state index in [2.05, 4.69) is 10.0 Å². The number of aliphatic hydroxyl groups excluding tert-OH is 1. The van der Waals surface area contributed by atoms with Gasteiger partial charge in [-0.1, -0.05) is 6.07 Å². The summed E-state index contributed by atoms with van der Waals surface area (Å²) in [6.07, 6.45) is 1.19. The molecule has 0 radical (unpaired) electrons. The molecule has 1 fully saturated rings. The molecule has 0 aliphatic heterocycles. The SMILES string of the molecule is CS(=O)(=O)NCCC(=O)N[C@@H](c1ccc(F)cc1F)C1CC(O)C1. The first-order valence-electron chi connectivity index (χ1n) is 7.52. The van der Waals surface area contributed by atoms with E-state index in [1.54, 1.807) is 0 Å². The average molecular weight is 362 g/mol. The predicted molar refractivity (Wildman–Crippen MR) is 83.4 cm³/mol. The quantitative estimate of drug-likeness (QED) is 0.670. The molecule has 0 saturated heterocycles. The van der Waals surface area contributed by atoms with Gasteiger partial charge in [-0.25, -0.2) is 21.9 Å². The Morgan fingerprint density at radius 2 is 2.04 bits per heavy atom. The summed E-state index contributed by atoms with van der Waals surface area (Å²) >= 11 is 0. The minimum atomic E-state index is -3.39. The Hall–Kier alpha value is -1.58. The van der Waals surface area contributed by atoms with Crippen molar-refractivity contribution in [2.75, 3.05) is 12.8 Å². The van der Waals surface area contributed by atoms with Crippen molar-refractivity contribution in [1.29, 1.82) is 0 Å². The maximum atomic E-state index is 14.0. The number of rotatable bonds is 7. The van der Waals surface area contributed by atoms with Crippen molar-refractivity contribution in [2.24, 2.45) is 5.92 Å². The Morgan fingerprint density at radius 1 is 1.38 bits per heavy atom. The molecule has 2 rings (SSSR count). The molecular formula is C15H20F2N2O4S. The first kappa shape index (κ1) is 18.8. The van der Waals surface area contributed by atoms with Crippen LogP contribution >= 0.6 is 0 Å². The second-order valence-corrected chi connectivity index (χ2v) is 7.85. The summed E-state index contributed by atoms with van der Waals surface area (Å²) in [6, 6.07) is 2.43. The van der Waals surface area contributed by atoms with Crippen LogP contribution in [0.25, 0.3) is 0 Å². The standard InChI is InChI=1S/C15H20F2N2O4S/c1-24(22,23)18-5-4-14(21)19-15(9-6-11(20)7-9)12-3-2-10(16)8-13(12)17/h2-3,8-9,11,15,18,20H,4-7H2,1H3,(H,19,21)/t9?,11?,15-/m1/s1. The van der Waals surface area contributed by atoms with Crippen LogP contribution in [0.1, 0.15) is 30.9 Å². The van der Waals surface area contributed by atoms with Gasteiger partial charge < -0.3 is 10.4 Å². The summed E-state index contributed by atoms with van der Waals surface area (Å²) in [7, 11) is -3.39. The zero-order valence-corrected chi connectivity index (χ0v) is 13.9. The van der Waals surface area contributed by atoms with Gasteiger partial charge in [0, 0.05) is 24.6 Å². The summed E-state index contributed by atoms with van der Waals surface area (Å²) < 4.78 is 51.3. The van der Waals surface area contributed by atoms with Gasteiger partial charge in [0.15, 0.2) is 0 Å². The molecule has 0 bridgehead atoms. The Labute approximate surface area is 139 Å². The zero-order chi connectivity index (χ0) is 17.9. The van der Waals surface area contributed by atoms with Crippen molar-refractivity contribution in [2.45, 2.75) is 31.4 Å². The van der Waals surface area contributed by atoms with Crippen LogP contribution in [0, 0.1) is 17.6 Å². The molecule has 0 spiro atoms. The van der Waals surface area contributed by atoms with E-state index in [-0.39, 0.29) is 24.4 Å². The molecule has 24 heavy (non-hydrogen) atoms. The molecule has 1 aromatic carbocycles. The second-order valence-electron chi connectivity index (χ2n) is 6.01. The van der Waals surface area contributed by atoms with Crippen molar-refractivity contribution in [3.63, 3.8) is 0 Å². The van der Waals surface area contributed by atoms with Gasteiger partial charge in [0.2, 0.25) is 15.9 Å². The lowest BCUT2D eigenvalue weighted by Crippen LogP contribution is -2.42. The Morgan fingerprint density at radius 3 is 2.58 bits per heavy atom. The minimum absolute atomic E-state index is 0.0728. The van der Waals surface area contributed by atoms with Crippen LogP contribution in [-0.4, -0.2) is 38.3 Å². The van der Waals surface area contributed by atoms with Crippen LogP contribution in [0.2, 0.25) is 0 Å². The summed E-state index contributed by atoms with van der Waals surface area (Å²) in [5.41, 5.74) is 0.151. The van der Waals surface area contributed by atoms with Crippen LogP contribution in [0.15, 0.2) is 18.2 Å². The van der Waals surface area contributed by atoms with Gasteiger partial charge >= 0.3 is 0 Å². The number of aliphatic hydroxyl groups is 1. The lowest BCUT2D eigenvalue weighted by molar-refractivity contribution is -0.122. The molecule has 0 heterocycles. The number of sulfonamides is 1. The van der Waals surface area contributed by atoms with Crippen molar-refractivity contribution >= 4 is 15.9 Å². The van der Waals surface area contributed by atoms with Crippen LogP contribution in [0.4, 0.5) is 8.78 Å². The van der Waals surface area contributed by atoms with Gasteiger partial charge in [0.05, 0.1) is 18.4 Å². The van der Waals surface area contributed by atoms with Gasteiger partial charge in [-0.05, 0) is 24.8 Å². The Bertz CT molecular complexity index is 705. The van der Waals surface area contributed by atoms with Crippen LogP contribution in [0.5, 0.6) is 0 Å². The fraction of sp³-hybridized carbons (Fsp3) is 0.533. The lowest BCUT2D eigenvalue weighted by atomic mass is 9.75. The van der Waals surface area contributed by atoms with Crippen molar-refractivity contribution in [3.8, 4) is 0 Å². The van der Waals surface area contributed by atoms with Crippen LogP contribution in [-0.2, 0) is 14.8 Å². The highest BCUT2D eigenvalue weighted by atomic mass is 32.2. The van der Waals surface area contributed by atoms with E-state index in [1.165, 1.54) is 6.07 Å². The van der Waals surface area contributed by atoms with E-state index in [0.717, 1.165) is 18.4 Å². The first-order valence-corrected chi connectivity index (χ1v) is 9.42. The largest absolute Gasteiger partial charge is 0.393 e. The van der Waals surface area contributed by atoms with Crippen LogP contribution < -0.4 is 10.0 Å². The monoisotopic (exact) mass is 362 g/mol. The molecule has 134 valence electrons. The number of amides is 1. The number of benzene rings is 1.